The zero-order valence-corrected chi connectivity index (χ0v) is 14.3. The Hall–Kier alpha value is -4.07. The summed E-state index contributed by atoms with van der Waals surface area (Å²) < 4.78 is 24.3. The van der Waals surface area contributed by atoms with E-state index in [1.165, 1.54) is 30.6 Å². The number of benzene rings is 2. The van der Waals surface area contributed by atoms with Gasteiger partial charge in [0.25, 0.3) is 5.91 Å². The highest BCUT2D eigenvalue weighted by atomic mass is 19.1. The molecule has 0 aliphatic heterocycles. The van der Waals surface area contributed by atoms with E-state index in [4.69, 9.17) is 9.15 Å². The first-order valence-electron chi connectivity index (χ1n) is 8.19. The number of ether oxygens (including phenoxy) is 1. The largest absolute Gasteiger partial charge is 0.451 e. The summed E-state index contributed by atoms with van der Waals surface area (Å²) in [6, 6.07) is 13.5. The number of hydrogen-bond donors (Lipinski definition) is 1. The van der Waals surface area contributed by atoms with Gasteiger partial charge in [0.05, 0.1) is 23.5 Å². The molecule has 0 aliphatic rings. The van der Waals surface area contributed by atoms with Gasteiger partial charge in [0.15, 0.2) is 22.8 Å². The van der Waals surface area contributed by atoms with Crippen LogP contribution in [0.15, 0.2) is 76.2 Å². The number of halogens is 1. The molecular weight excluding hydrogens is 365 g/mol. The van der Waals surface area contributed by atoms with Crippen LogP contribution in [0.2, 0.25) is 0 Å². The van der Waals surface area contributed by atoms with E-state index < -0.39 is 11.7 Å². The Balaban J connectivity index is 1.51. The first kappa shape index (κ1) is 17.3. The van der Waals surface area contributed by atoms with Crippen LogP contribution in [0.1, 0.15) is 10.6 Å². The molecule has 0 atom stereocenters. The molecule has 0 aliphatic carbocycles. The van der Waals surface area contributed by atoms with Gasteiger partial charge in [-0.1, -0.05) is 24.3 Å². The van der Waals surface area contributed by atoms with Crippen LogP contribution < -0.4 is 15.5 Å². The molecule has 7 nitrogen and oxygen atoms in total. The molecule has 0 spiro atoms. The number of carbonyl (C=O) groups is 1. The molecular formula is C20H12FN3O4. The van der Waals surface area contributed by atoms with Crippen molar-refractivity contribution in [3.05, 3.63) is 88.8 Å². The third-order valence-electron chi connectivity index (χ3n) is 3.78. The minimum atomic E-state index is -0.630. The average molecular weight is 377 g/mol. The van der Waals surface area contributed by atoms with E-state index in [1.54, 1.807) is 30.3 Å². The second kappa shape index (κ2) is 7.28. The number of carbonyl (C=O) groups excluding carboxylic acids is 1. The van der Waals surface area contributed by atoms with Crippen molar-refractivity contribution in [1.29, 1.82) is 0 Å². The highest BCUT2D eigenvalue weighted by molar-refractivity contribution is 6.02. The predicted octanol–water partition coefficient (Wildman–Crippen LogP) is 3.77. The number of para-hydroxylation sites is 2. The second-order valence-electron chi connectivity index (χ2n) is 5.71. The summed E-state index contributed by atoms with van der Waals surface area (Å²) in [7, 11) is 0. The first-order valence-corrected chi connectivity index (χ1v) is 8.19. The molecule has 4 rings (SSSR count). The summed E-state index contributed by atoms with van der Waals surface area (Å²) in [4.78, 5) is 32.3. The number of nitrogens with one attached hydrogen (secondary N) is 1. The number of nitrogens with zero attached hydrogens (tertiary/aromatic N) is 2. The summed E-state index contributed by atoms with van der Waals surface area (Å²) in [6.07, 6.45) is 2.58. The van der Waals surface area contributed by atoms with Crippen molar-refractivity contribution in [1.82, 2.24) is 9.97 Å². The van der Waals surface area contributed by atoms with Gasteiger partial charge in [-0.15, -0.1) is 0 Å². The quantitative estimate of drug-likeness (QED) is 0.582. The maximum Gasteiger partial charge on any atom is 0.322 e. The lowest BCUT2D eigenvalue weighted by molar-refractivity contribution is 0.0997. The highest BCUT2D eigenvalue weighted by Crippen LogP contribution is 2.21. The molecule has 138 valence electrons. The molecule has 8 heteroatoms. The van der Waals surface area contributed by atoms with Crippen LogP contribution in [0.25, 0.3) is 11.0 Å². The summed E-state index contributed by atoms with van der Waals surface area (Å²) in [5, 5.41) is 2.91. The van der Waals surface area contributed by atoms with Gasteiger partial charge in [0.1, 0.15) is 5.58 Å². The zero-order chi connectivity index (χ0) is 19.5. The van der Waals surface area contributed by atoms with Crippen LogP contribution in [0.3, 0.4) is 0 Å². The normalized spacial score (nSPS) is 10.6. The van der Waals surface area contributed by atoms with E-state index >= 15 is 0 Å². The molecule has 0 saturated carbocycles. The Morgan fingerprint density at radius 3 is 2.54 bits per heavy atom. The molecule has 1 N–H and O–H groups in total. The standard InChI is InChI=1S/C20H12FN3O4/c21-14-6-2-4-8-17(14)28-20-22-10-12(11-23-20)24-19(26)18-9-15(25)13-5-1-3-7-16(13)27-18/h1-11H,(H,24,26). The van der Waals surface area contributed by atoms with E-state index in [2.05, 4.69) is 15.3 Å². The van der Waals surface area contributed by atoms with Gasteiger partial charge >= 0.3 is 6.01 Å². The lowest BCUT2D eigenvalue weighted by atomic mass is 10.2. The molecule has 0 fully saturated rings. The van der Waals surface area contributed by atoms with Crippen molar-refractivity contribution in [2.75, 3.05) is 5.32 Å². The monoisotopic (exact) mass is 377 g/mol. The lowest BCUT2D eigenvalue weighted by Crippen LogP contribution is -2.15. The summed E-state index contributed by atoms with van der Waals surface area (Å²) >= 11 is 0. The highest BCUT2D eigenvalue weighted by Gasteiger charge is 2.13. The summed E-state index contributed by atoms with van der Waals surface area (Å²) in [5.41, 5.74) is 0.239. The SMILES string of the molecule is O=C(Nc1cnc(Oc2ccccc2F)nc1)c1cc(=O)c2ccccc2o1. The van der Waals surface area contributed by atoms with Gasteiger partial charge in [-0.2, -0.15) is 0 Å². The van der Waals surface area contributed by atoms with E-state index in [-0.39, 0.29) is 28.6 Å². The average Bonchev–Trinajstić information content (AvgIpc) is 2.71. The number of amides is 1. The number of aromatic nitrogens is 2. The number of hydrogen-bond acceptors (Lipinski definition) is 6. The van der Waals surface area contributed by atoms with Crippen LogP contribution in [-0.2, 0) is 0 Å². The van der Waals surface area contributed by atoms with Crippen LogP contribution in [0.5, 0.6) is 11.8 Å². The Labute approximate surface area is 157 Å². The Kier molecular flexibility index (Phi) is 4.51. The van der Waals surface area contributed by atoms with Crippen LogP contribution in [0.4, 0.5) is 10.1 Å². The molecule has 4 aromatic rings. The van der Waals surface area contributed by atoms with E-state index in [1.807, 2.05) is 0 Å². The second-order valence-corrected chi connectivity index (χ2v) is 5.71. The number of anilines is 1. The fraction of sp³-hybridized carbons (Fsp3) is 0. The number of rotatable bonds is 4. The molecule has 2 aromatic heterocycles. The third-order valence-corrected chi connectivity index (χ3v) is 3.78. The molecule has 0 saturated heterocycles. The molecule has 0 unspecified atom stereocenters. The Morgan fingerprint density at radius 2 is 1.75 bits per heavy atom. The third kappa shape index (κ3) is 3.56. The van der Waals surface area contributed by atoms with Gasteiger partial charge in [-0.05, 0) is 24.3 Å². The molecule has 2 heterocycles. The Morgan fingerprint density at radius 1 is 1.04 bits per heavy atom. The first-order chi connectivity index (χ1) is 13.6. The van der Waals surface area contributed by atoms with Crippen molar-refractivity contribution in [2.24, 2.45) is 0 Å². The minimum Gasteiger partial charge on any atom is -0.451 e. The molecule has 0 bridgehead atoms. The fourth-order valence-corrected chi connectivity index (χ4v) is 2.47. The van der Waals surface area contributed by atoms with Gasteiger partial charge in [0.2, 0.25) is 0 Å². The maximum absolute atomic E-state index is 13.6. The van der Waals surface area contributed by atoms with Gasteiger partial charge in [-0.3, -0.25) is 9.59 Å². The van der Waals surface area contributed by atoms with Crippen molar-refractivity contribution in [3.8, 4) is 11.8 Å². The summed E-state index contributed by atoms with van der Waals surface area (Å²) in [6.45, 7) is 0. The topological polar surface area (TPSA) is 94.3 Å². The van der Waals surface area contributed by atoms with Crippen molar-refractivity contribution in [2.45, 2.75) is 0 Å². The van der Waals surface area contributed by atoms with Crippen LogP contribution >= 0.6 is 0 Å². The van der Waals surface area contributed by atoms with Crippen LogP contribution in [0, 0.1) is 5.82 Å². The number of fused-ring (bicyclic) bond motifs is 1. The predicted molar refractivity (Wildman–Crippen MR) is 98.9 cm³/mol. The lowest BCUT2D eigenvalue weighted by Gasteiger charge is -2.07. The van der Waals surface area contributed by atoms with Crippen molar-refractivity contribution in [3.63, 3.8) is 0 Å². The summed E-state index contributed by atoms with van der Waals surface area (Å²) in [5.74, 6) is -1.34. The minimum absolute atomic E-state index is 0.0165. The van der Waals surface area contributed by atoms with Crippen molar-refractivity contribution >= 4 is 22.6 Å². The molecule has 28 heavy (non-hydrogen) atoms. The molecule has 0 radical (unpaired) electrons. The molecule has 2 aromatic carbocycles. The smallest absolute Gasteiger partial charge is 0.322 e. The van der Waals surface area contributed by atoms with E-state index in [0.717, 1.165) is 6.07 Å². The Bertz CT molecular complexity index is 1220. The molecule has 1 amide bonds. The van der Waals surface area contributed by atoms with Gasteiger partial charge in [0, 0.05) is 6.07 Å². The maximum atomic E-state index is 13.6. The van der Waals surface area contributed by atoms with Crippen LogP contribution in [-0.4, -0.2) is 15.9 Å². The van der Waals surface area contributed by atoms with Gasteiger partial charge in [-0.25, -0.2) is 14.4 Å². The van der Waals surface area contributed by atoms with Crippen molar-refractivity contribution < 1.29 is 18.3 Å². The zero-order valence-electron chi connectivity index (χ0n) is 14.3. The fourth-order valence-electron chi connectivity index (χ4n) is 2.47. The van der Waals surface area contributed by atoms with Gasteiger partial charge < -0.3 is 14.5 Å². The van der Waals surface area contributed by atoms with E-state index in [9.17, 15) is 14.0 Å². The van der Waals surface area contributed by atoms with E-state index in [0.29, 0.717) is 11.0 Å².